The molecule has 0 aliphatic carbocycles. The van der Waals surface area contributed by atoms with Crippen molar-refractivity contribution in [2.45, 2.75) is 13.3 Å². The summed E-state index contributed by atoms with van der Waals surface area (Å²) in [4.78, 5) is 11.5. The van der Waals surface area contributed by atoms with Gasteiger partial charge in [-0.1, -0.05) is 37.3 Å². The fraction of sp³-hybridized carbons (Fsp3) is 0.235. The van der Waals surface area contributed by atoms with Gasteiger partial charge in [0.05, 0.1) is 11.6 Å². The molecule has 2 rings (SSSR count). The molecule has 0 heterocycles. The standard InChI is InChI=1S/C17H17BrO3/c1-3-12(17(19)20-2)10-11-21-15-9-8-13-6-4-5-7-14(13)16(15)18/h4-10H,3,11H2,1-2H3. The summed E-state index contributed by atoms with van der Waals surface area (Å²) in [5.41, 5.74) is 0.620. The smallest absolute Gasteiger partial charge is 0.333 e. The van der Waals surface area contributed by atoms with Crippen molar-refractivity contribution in [3.8, 4) is 5.75 Å². The zero-order valence-electron chi connectivity index (χ0n) is 12.1. The monoisotopic (exact) mass is 348 g/mol. The number of carbonyl (C=O) groups excluding carboxylic acids is 1. The molecule has 0 N–H and O–H groups in total. The van der Waals surface area contributed by atoms with E-state index in [0.29, 0.717) is 18.6 Å². The molecule has 0 saturated heterocycles. The first-order valence-electron chi connectivity index (χ1n) is 6.74. The van der Waals surface area contributed by atoms with Crippen LogP contribution in [0, 0.1) is 0 Å². The van der Waals surface area contributed by atoms with Crippen LogP contribution in [-0.4, -0.2) is 19.7 Å². The van der Waals surface area contributed by atoms with Gasteiger partial charge in [0.2, 0.25) is 0 Å². The summed E-state index contributed by atoms with van der Waals surface area (Å²) in [6, 6.07) is 12.0. The van der Waals surface area contributed by atoms with Crippen molar-refractivity contribution in [2.75, 3.05) is 13.7 Å². The number of halogens is 1. The Kier molecular flexibility index (Phi) is 5.39. The SMILES string of the molecule is CCC(=CCOc1ccc2ccccc2c1Br)C(=O)OC. The molecular weight excluding hydrogens is 332 g/mol. The second kappa shape index (κ2) is 7.27. The lowest BCUT2D eigenvalue weighted by Gasteiger charge is -2.09. The van der Waals surface area contributed by atoms with E-state index < -0.39 is 0 Å². The van der Waals surface area contributed by atoms with Gasteiger partial charge in [-0.05, 0) is 45.3 Å². The Bertz CT molecular complexity index is 677. The molecule has 0 radical (unpaired) electrons. The van der Waals surface area contributed by atoms with Crippen molar-refractivity contribution in [3.63, 3.8) is 0 Å². The van der Waals surface area contributed by atoms with Crippen LogP contribution in [0.1, 0.15) is 13.3 Å². The first-order valence-corrected chi connectivity index (χ1v) is 7.54. The predicted octanol–water partition coefficient (Wildman–Crippen LogP) is 4.49. The van der Waals surface area contributed by atoms with E-state index in [9.17, 15) is 4.79 Å². The van der Waals surface area contributed by atoms with Crippen molar-refractivity contribution in [3.05, 3.63) is 52.5 Å². The molecule has 2 aromatic rings. The normalized spacial score (nSPS) is 11.5. The molecule has 0 aliphatic heterocycles. The van der Waals surface area contributed by atoms with Crippen LogP contribution in [0.2, 0.25) is 0 Å². The van der Waals surface area contributed by atoms with Crippen LogP contribution in [0.5, 0.6) is 5.75 Å². The van der Waals surface area contributed by atoms with Crippen molar-refractivity contribution in [1.29, 1.82) is 0 Å². The summed E-state index contributed by atoms with van der Waals surface area (Å²) < 4.78 is 11.4. The highest BCUT2D eigenvalue weighted by atomic mass is 79.9. The number of benzene rings is 2. The number of fused-ring (bicyclic) bond motifs is 1. The van der Waals surface area contributed by atoms with E-state index >= 15 is 0 Å². The molecule has 0 bridgehead atoms. The number of methoxy groups -OCH3 is 1. The van der Waals surface area contributed by atoms with E-state index in [2.05, 4.69) is 22.0 Å². The Morgan fingerprint density at radius 2 is 2.00 bits per heavy atom. The zero-order valence-corrected chi connectivity index (χ0v) is 13.6. The third kappa shape index (κ3) is 3.64. The number of carbonyl (C=O) groups is 1. The first-order chi connectivity index (χ1) is 10.2. The highest BCUT2D eigenvalue weighted by Crippen LogP contribution is 2.33. The van der Waals surface area contributed by atoms with Gasteiger partial charge in [0.25, 0.3) is 0 Å². The molecule has 0 atom stereocenters. The molecule has 0 aromatic heterocycles. The van der Waals surface area contributed by atoms with Crippen LogP contribution in [0.3, 0.4) is 0 Å². The molecule has 0 unspecified atom stereocenters. The van der Waals surface area contributed by atoms with Crippen LogP contribution >= 0.6 is 15.9 Å². The maximum Gasteiger partial charge on any atom is 0.333 e. The van der Waals surface area contributed by atoms with Gasteiger partial charge in [-0.3, -0.25) is 0 Å². The van der Waals surface area contributed by atoms with E-state index in [1.807, 2.05) is 37.3 Å². The number of ether oxygens (including phenoxy) is 2. The van der Waals surface area contributed by atoms with Gasteiger partial charge in [-0.2, -0.15) is 0 Å². The molecule has 0 spiro atoms. The molecule has 0 aliphatic rings. The second-order valence-corrected chi connectivity index (χ2v) is 5.28. The lowest BCUT2D eigenvalue weighted by Crippen LogP contribution is -2.06. The lowest BCUT2D eigenvalue weighted by atomic mass is 10.1. The number of hydrogen-bond donors (Lipinski definition) is 0. The Hall–Kier alpha value is -1.81. The van der Waals surface area contributed by atoms with E-state index in [-0.39, 0.29) is 5.97 Å². The molecule has 21 heavy (non-hydrogen) atoms. The van der Waals surface area contributed by atoms with Crippen molar-refractivity contribution >= 4 is 32.7 Å². The third-order valence-corrected chi connectivity index (χ3v) is 4.04. The molecule has 0 saturated carbocycles. The van der Waals surface area contributed by atoms with Gasteiger partial charge in [0.1, 0.15) is 12.4 Å². The third-order valence-electron chi connectivity index (χ3n) is 3.22. The van der Waals surface area contributed by atoms with Gasteiger partial charge in [-0.15, -0.1) is 0 Å². The zero-order chi connectivity index (χ0) is 15.2. The molecule has 3 nitrogen and oxygen atoms in total. The fourth-order valence-electron chi connectivity index (χ4n) is 2.06. The average molecular weight is 349 g/mol. The highest BCUT2D eigenvalue weighted by molar-refractivity contribution is 9.10. The minimum Gasteiger partial charge on any atom is -0.488 e. The van der Waals surface area contributed by atoms with Gasteiger partial charge < -0.3 is 9.47 Å². The predicted molar refractivity (Wildman–Crippen MR) is 87.5 cm³/mol. The lowest BCUT2D eigenvalue weighted by molar-refractivity contribution is -0.136. The largest absolute Gasteiger partial charge is 0.488 e. The summed E-state index contributed by atoms with van der Waals surface area (Å²) in [7, 11) is 1.38. The van der Waals surface area contributed by atoms with Crippen LogP contribution in [0.4, 0.5) is 0 Å². The molecule has 2 aromatic carbocycles. The van der Waals surface area contributed by atoms with Gasteiger partial charge >= 0.3 is 5.97 Å². The molecule has 4 heteroatoms. The molecule has 110 valence electrons. The van der Waals surface area contributed by atoms with E-state index in [1.54, 1.807) is 6.08 Å². The molecule has 0 amide bonds. The number of rotatable bonds is 5. The van der Waals surface area contributed by atoms with Crippen molar-refractivity contribution < 1.29 is 14.3 Å². The summed E-state index contributed by atoms with van der Waals surface area (Å²) in [6.45, 7) is 2.24. The van der Waals surface area contributed by atoms with Gasteiger partial charge in [0.15, 0.2) is 0 Å². The van der Waals surface area contributed by atoms with Gasteiger partial charge in [-0.25, -0.2) is 4.79 Å². The first kappa shape index (κ1) is 15.6. The summed E-state index contributed by atoms with van der Waals surface area (Å²) in [5.74, 6) is 0.448. The summed E-state index contributed by atoms with van der Waals surface area (Å²) in [6.07, 6.45) is 2.38. The Balaban J connectivity index is 2.15. The van der Waals surface area contributed by atoms with E-state index in [0.717, 1.165) is 21.0 Å². The maximum absolute atomic E-state index is 11.5. The minimum absolute atomic E-state index is 0.307. The van der Waals surface area contributed by atoms with Crippen LogP contribution < -0.4 is 4.74 Å². The summed E-state index contributed by atoms with van der Waals surface area (Å²) >= 11 is 3.57. The summed E-state index contributed by atoms with van der Waals surface area (Å²) in [5, 5.41) is 2.25. The molecular formula is C17H17BrO3. The molecule has 0 fully saturated rings. The topological polar surface area (TPSA) is 35.5 Å². The van der Waals surface area contributed by atoms with Crippen LogP contribution in [0.15, 0.2) is 52.5 Å². The van der Waals surface area contributed by atoms with Crippen LogP contribution in [0.25, 0.3) is 10.8 Å². The van der Waals surface area contributed by atoms with Crippen molar-refractivity contribution in [2.24, 2.45) is 0 Å². The van der Waals surface area contributed by atoms with Crippen LogP contribution in [-0.2, 0) is 9.53 Å². The quantitative estimate of drug-likeness (QED) is 0.589. The Morgan fingerprint density at radius 3 is 2.71 bits per heavy atom. The Labute approximate surface area is 132 Å². The number of esters is 1. The average Bonchev–Trinajstić information content (AvgIpc) is 2.53. The second-order valence-electron chi connectivity index (χ2n) is 4.48. The van der Waals surface area contributed by atoms with E-state index in [4.69, 9.17) is 9.47 Å². The van der Waals surface area contributed by atoms with Crippen molar-refractivity contribution in [1.82, 2.24) is 0 Å². The fourth-order valence-corrected chi connectivity index (χ4v) is 2.67. The number of hydrogen-bond acceptors (Lipinski definition) is 3. The highest BCUT2D eigenvalue weighted by Gasteiger charge is 2.08. The Morgan fingerprint density at radius 1 is 1.24 bits per heavy atom. The van der Waals surface area contributed by atoms with E-state index in [1.165, 1.54) is 7.11 Å². The minimum atomic E-state index is -0.307. The van der Waals surface area contributed by atoms with Gasteiger partial charge in [0, 0.05) is 5.57 Å². The maximum atomic E-state index is 11.5.